The number of nitrogens with zero attached hydrogens (tertiary/aromatic N) is 2. The zero-order valence-corrected chi connectivity index (χ0v) is 17.7. The highest BCUT2D eigenvalue weighted by Crippen LogP contribution is 2.32. The molecule has 0 spiro atoms. The fraction of sp³-hybridized carbons (Fsp3) is 0.318. The van der Waals surface area contributed by atoms with Gasteiger partial charge in [-0.2, -0.15) is 0 Å². The SMILES string of the molecule is Cc1cc(C(=O)Nc2cc(Cl)ccc2N2CCCC2)c(C)n1Cc1cccs1. The van der Waals surface area contributed by atoms with Crippen LogP contribution < -0.4 is 10.2 Å². The van der Waals surface area contributed by atoms with Gasteiger partial charge in [-0.05, 0) is 62.4 Å². The summed E-state index contributed by atoms with van der Waals surface area (Å²) in [5.41, 5.74) is 4.60. The van der Waals surface area contributed by atoms with Crippen LogP contribution in [0.4, 0.5) is 11.4 Å². The van der Waals surface area contributed by atoms with Crippen LogP contribution in [0.2, 0.25) is 5.02 Å². The van der Waals surface area contributed by atoms with Crippen LogP contribution in [-0.4, -0.2) is 23.6 Å². The van der Waals surface area contributed by atoms with Crippen LogP contribution in [0.3, 0.4) is 0 Å². The summed E-state index contributed by atoms with van der Waals surface area (Å²) in [6.45, 7) is 6.87. The zero-order valence-electron chi connectivity index (χ0n) is 16.2. The van der Waals surface area contributed by atoms with Crippen molar-refractivity contribution < 1.29 is 4.79 Å². The molecule has 1 aromatic carbocycles. The second-order valence-electron chi connectivity index (χ2n) is 7.26. The molecular formula is C22H24ClN3OS. The smallest absolute Gasteiger partial charge is 0.257 e. The molecule has 146 valence electrons. The standard InChI is InChI=1S/C22H24ClN3OS/c1-15-12-19(16(2)26(15)14-18-6-5-11-28-18)22(27)24-20-13-17(23)7-8-21(20)25-9-3-4-10-25/h5-8,11-13H,3-4,9-10,14H2,1-2H3,(H,24,27). The molecule has 0 saturated carbocycles. The summed E-state index contributed by atoms with van der Waals surface area (Å²) in [4.78, 5) is 16.7. The van der Waals surface area contributed by atoms with Gasteiger partial charge in [-0.3, -0.25) is 4.79 Å². The quantitative estimate of drug-likeness (QED) is 0.580. The first-order chi connectivity index (χ1) is 13.5. The number of aromatic nitrogens is 1. The first-order valence-electron chi connectivity index (χ1n) is 9.58. The highest BCUT2D eigenvalue weighted by molar-refractivity contribution is 7.09. The Labute approximate surface area is 174 Å². The summed E-state index contributed by atoms with van der Waals surface area (Å²) < 4.78 is 2.19. The zero-order chi connectivity index (χ0) is 19.7. The van der Waals surface area contributed by atoms with Crippen LogP contribution in [0, 0.1) is 13.8 Å². The third kappa shape index (κ3) is 3.82. The summed E-state index contributed by atoms with van der Waals surface area (Å²) in [5, 5.41) is 5.81. The van der Waals surface area contributed by atoms with Gasteiger partial charge in [-0.25, -0.2) is 0 Å². The highest BCUT2D eigenvalue weighted by Gasteiger charge is 2.20. The van der Waals surface area contributed by atoms with Gasteiger partial charge in [0.15, 0.2) is 0 Å². The number of rotatable bonds is 5. The van der Waals surface area contributed by atoms with Crippen molar-refractivity contribution in [2.24, 2.45) is 0 Å². The van der Waals surface area contributed by atoms with Gasteiger partial charge in [-0.15, -0.1) is 11.3 Å². The van der Waals surface area contributed by atoms with E-state index in [9.17, 15) is 4.79 Å². The Hall–Kier alpha value is -2.24. The second kappa shape index (κ2) is 8.02. The summed E-state index contributed by atoms with van der Waals surface area (Å²) in [6, 6.07) is 11.9. The lowest BCUT2D eigenvalue weighted by molar-refractivity contribution is 0.102. The number of thiophene rings is 1. The van der Waals surface area contributed by atoms with Crippen molar-refractivity contribution in [2.45, 2.75) is 33.2 Å². The topological polar surface area (TPSA) is 37.3 Å². The van der Waals surface area contributed by atoms with Gasteiger partial charge < -0.3 is 14.8 Å². The minimum absolute atomic E-state index is 0.0896. The van der Waals surface area contributed by atoms with E-state index in [1.165, 1.54) is 17.7 Å². The first kappa shape index (κ1) is 19.1. The Balaban J connectivity index is 1.60. The molecule has 1 fully saturated rings. The number of benzene rings is 1. The maximum atomic E-state index is 13.1. The van der Waals surface area contributed by atoms with E-state index in [1.54, 1.807) is 11.3 Å². The minimum atomic E-state index is -0.0896. The predicted octanol–water partition coefficient (Wildman–Crippen LogP) is 5.72. The van der Waals surface area contributed by atoms with E-state index >= 15 is 0 Å². The van der Waals surface area contributed by atoms with Gasteiger partial charge in [-0.1, -0.05) is 17.7 Å². The molecule has 4 rings (SSSR count). The molecule has 0 radical (unpaired) electrons. The Kier molecular flexibility index (Phi) is 5.47. The molecule has 1 N–H and O–H groups in total. The lowest BCUT2D eigenvalue weighted by Gasteiger charge is -2.22. The van der Waals surface area contributed by atoms with Crippen molar-refractivity contribution in [3.05, 3.63) is 68.6 Å². The third-order valence-corrected chi connectivity index (χ3v) is 6.46. The molecule has 3 heterocycles. The summed E-state index contributed by atoms with van der Waals surface area (Å²) in [5.74, 6) is -0.0896. The molecule has 0 atom stereocenters. The van der Waals surface area contributed by atoms with Gasteiger partial charge in [0.25, 0.3) is 5.91 Å². The van der Waals surface area contributed by atoms with E-state index in [1.807, 2.05) is 38.1 Å². The largest absolute Gasteiger partial charge is 0.370 e. The van der Waals surface area contributed by atoms with Crippen molar-refractivity contribution in [1.82, 2.24) is 4.57 Å². The van der Waals surface area contributed by atoms with Crippen molar-refractivity contribution in [3.8, 4) is 0 Å². The Bertz CT molecular complexity index is 988. The second-order valence-corrected chi connectivity index (χ2v) is 8.73. The minimum Gasteiger partial charge on any atom is -0.370 e. The van der Waals surface area contributed by atoms with E-state index in [4.69, 9.17) is 11.6 Å². The van der Waals surface area contributed by atoms with Gasteiger partial charge in [0.05, 0.1) is 23.5 Å². The van der Waals surface area contributed by atoms with Gasteiger partial charge >= 0.3 is 0 Å². The lowest BCUT2D eigenvalue weighted by Crippen LogP contribution is -2.21. The predicted molar refractivity (Wildman–Crippen MR) is 118 cm³/mol. The molecule has 0 aliphatic carbocycles. The molecule has 1 amide bonds. The molecule has 28 heavy (non-hydrogen) atoms. The first-order valence-corrected chi connectivity index (χ1v) is 10.8. The fourth-order valence-corrected chi connectivity index (χ4v) is 4.73. The maximum Gasteiger partial charge on any atom is 0.257 e. The van der Waals surface area contributed by atoms with Crippen molar-refractivity contribution >= 4 is 40.2 Å². The normalized spacial score (nSPS) is 13.9. The van der Waals surface area contributed by atoms with Crippen LogP contribution in [0.1, 0.15) is 39.5 Å². The third-order valence-electron chi connectivity index (χ3n) is 5.37. The Morgan fingerprint density at radius 1 is 1.18 bits per heavy atom. The van der Waals surface area contributed by atoms with Crippen LogP contribution in [0.5, 0.6) is 0 Å². The number of aryl methyl sites for hydroxylation is 1. The van der Waals surface area contributed by atoms with E-state index < -0.39 is 0 Å². The average Bonchev–Trinajstić information content (AvgIpc) is 3.41. The van der Waals surface area contributed by atoms with Crippen LogP contribution in [-0.2, 0) is 6.54 Å². The van der Waals surface area contributed by atoms with Crippen LogP contribution in [0.25, 0.3) is 0 Å². The maximum absolute atomic E-state index is 13.1. The number of hydrogen-bond donors (Lipinski definition) is 1. The molecule has 6 heteroatoms. The number of amides is 1. The molecular weight excluding hydrogens is 390 g/mol. The Morgan fingerprint density at radius 2 is 1.96 bits per heavy atom. The van der Waals surface area contributed by atoms with Gasteiger partial charge in [0.2, 0.25) is 0 Å². The number of nitrogens with one attached hydrogen (secondary N) is 1. The molecule has 1 saturated heterocycles. The van der Waals surface area contributed by atoms with E-state index in [-0.39, 0.29) is 5.91 Å². The molecule has 2 aromatic heterocycles. The van der Waals surface area contributed by atoms with E-state index in [0.717, 1.165) is 42.4 Å². The highest BCUT2D eigenvalue weighted by atomic mass is 35.5. The average molecular weight is 414 g/mol. The van der Waals surface area contributed by atoms with Gasteiger partial charge in [0.1, 0.15) is 0 Å². The van der Waals surface area contributed by atoms with Gasteiger partial charge in [0, 0.05) is 34.4 Å². The van der Waals surface area contributed by atoms with E-state index in [2.05, 4.69) is 32.3 Å². The van der Waals surface area contributed by atoms with Crippen molar-refractivity contribution in [2.75, 3.05) is 23.3 Å². The molecule has 1 aliphatic heterocycles. The number of carbonyl (C=O) groups excluding carboxylic acids is 1. The van der Waals surface area contributed by atoms with Crippen LogP contribution >= 0.6 is 22.9 Å². The van der Waals surface area contributed by atoms with Crippen LogP contribution in [0.15, 0.2) is 41.8 Å². The summed E-state index contributed by atoms with van der Waals surface area (Å²) in [6.07, 6.45) is 2.36. The number of hydrogen-bond acceptors (Lipinski definition) is 3. The van der Waals surface area contributed by atoms with Crippen molar-refractivity contribution in [1.29, 1.82) is 0 Å². The molecule has 3 aromatic rings. The molecule has 1 aliphatic rings. The molecule has 4 nitrogen and oxygen atoms in total. The lowest BCUT2D eigenvalue weighted by atomic mass is 10.2. The summed E-state index contributed by atoms with van der Waals surface area (Å²) >= 11 is 7.95. The fourth-order valence-electron chi connectivity index (χ4n) is 3.86. The molecule has 0 unspecified atom stereocenters. The van der Waals surface area contributed by atoms with Crippen molar-refractivity contribution in [3.63, 3.8) is 0 Å². The monoisotopic (exact) mass is 413 g/mol. The number of anilines is 2. The number of halogens is 1. The summed E-state index contributed by atoms with van der Waals surface area (Å²) in [7, 11) is 0. The number of carbonyl (C=O) groups is 1. The Morgan fingerprint density at radius 3 is 2.68 bits per heavy atom. The van der Waals surface area contributed by atoms with E-state index in [0.29, 0.717) is 10.6 Å². The molecule has 0 bridgehead atoms.